The highest BCUT2D eigenvalue weighted by molar-refractivity contribution is 5.56. The molecule has 3 nitrogen and oxygen atoms in total. The summed E-state index contributed by atoms with van der Waals surface area (Å²) in [6.45, 7) is 11.7. The normalized spacial score (nSPS) is 19.3. The molecule has 2 rings (SSSR count). The average molecular weight is 261 g/mol. The van der Waals surface area contributed by atoms with Crippen LogP contribution in [0.5, 0.6) is 0 Å². The fourth-order valence-corrected chi connectivity index (χ4v) is 3.03. The lowest BCUT2D eigenvalue weighted by atomic mass is 9.85. The van der Waals surface area contributed by atoms with Crippen molar-refractivity contribution in [1.82, 2.24) is 4.98 Å². The van der Waals surface area contributed by atoms with Gasteiger partial charge in [-0.2, -0.15) is 0 Å². The third-order valence-electron chi connectivity index (χ3n) is 4.32. The Morgan fingerprint density at radius 2 is 2.00 bits per heavy atom. The molecule has 1 fully saturated rings. The zero-order valence-electron chi connectivity index (χ0n) is 12.8. The second kappa shape index (κ2) is 5.49. The second-order valence-corrected chi connectivity index (χ2v) is 6.56. The van der Waals surface area contributed by atoms with Crippen LogP contribution in [0.2, 0.25) is 0 Å². The van der Waals surface area contributed by atoms with Crippen LogP contribution in [0, 0.1) is 19.3 Å². The molecule has 3 heteroatoms. The van der Waals surface area contributed by atoms with Crippen LogP contribution in [0.1, 0.15) is 50.1 Å². The molecular formula is C16H27N3. The molecule has 0 aromatic carbocycles. The highest BCUT2D eigenvalue weighted by atomic mass is 15.1. The molecule has 0 unspecified atom stereocenters. The molecule has 0 saturated carbocycles. The van der Waals surface area contributed by atoms with Crippen molar-refractivity contribution in [3.05, 3.63) is 23.0 Å². The zero-order valence-corrected chi connectivity index (χ0v) is 12.8. The summed E-state index contributed by atoms with van der Waals surface area (Å²) >= 11 is 0. The predicted molar refractivity (Wildman–Crippen MR) is 81.4 cm³/mol. The first-order valence-corrected chi connectivity index (χ1v) is 7.35. The molecule has 2 N–H and O–H groups in total. The number of rotatable bonds is 2. The summed E-state index contributed by atoms with van der Waals surface area (Å²) in [5.41, 5.74) is 11.1. The summed E-state index contributed by atoms with van der Waals surface area (Å²) in [5.74, 6) is 0. The van der Waals surface area contributed by atoms with E-state index in [-0.39, 0.29) is 0 Å². The van der Waals surface area contributed by atoms with E-state index in [1.54, 1.807) is 0 Å². The van der Waals surface area contributed by atoms with Gasteiger partial charge < -0.3 is 10.6 Å². The van der Waals surface area contributed by atoms with Gasteiger partial charge in [-0.15, -0.1) is 0 Å². The van der Waals surface area contributed by atoms with Crippen molar-refractivity contribution in [1.29, 1.82) is 0 Å². The molecule has 1 aromatic rings. The van der Waals surface area contributed by atoms with Gasteiger partial charge in [-0.3, -0.25) is 4.98 Å². The Morgan fingerprint density at radius 3 is 2.68 bits per heavy atom. The van der Waals surface area contributed by atoms with Crippen LogP contribution in [-0.2, 0) is 6.54 Å². The van der Waals surface area contributed by atoms with Gasteiger partial charge in [0, 0.05) is 42.3 Å². The topological polar surface area (TPSA) is 42.1 Å². The van der Waals surface area contributed by atoms with Gasteiger partial charge in [-0.1, -0.05) is 13.8 Å². The molecule has 0 amide bonds. The summed E-state index contributed by atoms with van der Waals surface area (Å²) in [4.78, 5) is 7.06. The van der Waals surface area contributed by atoms with Gasteiger partial charge in [0.05, 0.1) is 0 Å². The summed E-state index contributed by atoms with van der Waals surface area (Å²) in [6, 6.07) is 2.20. The molecular weight excluding hydrogens is 234 g/mol. The molecule has 2 heterocycles. The minimum atomic E-state index is 0.467. The van der Waals surface area contributed by atoms with Crippen LogP contribution in [-0.4, -0.2) is 18.1 Å². The van der Waals surface area contributed by atoms with Crippen molar-refractivity contribution in [3.63, 3.8) is 0 Å². The summed E-state index contributed by atoms with van der Waals surface area (Å²) < 4.78 is 0. The number of anilines is 1. The van der Waals surface area contributed by atoms with E-state index in [0.717, 1.165) is 24.5 Å². The molecule has 0 bridgehead atoms. The maximum absolute atomic E-state index is 5.93. The fraction of sp³-hybridized carbons (Fsp3) is 0.688. The minimum absolute atomic E-state index is 0.467. The third kappa shape index (κ3) is 3.27. The van der Waals surface area contributed by atoms with E-state index in [2.05, 4.69) is 43.6 Å². The minimum Gasteiger partial charge on any atom is -0.371 e. The average Bonchev–Trinajstić information content (AvgIpc) is 2.49. The molecule has 0 spiro atoms. The molecule has 19 heavy (non-hydrogen) atoms. The van der Waals surface area contributed by atoms with Gasteiger partial charge in [0.25, 0.3) is 0 Å². The maximum Gasteiger partial charge on any atom is 0.0448 e. The molecule has 1 saturated heterocycles. The van der Waals surface area contributed by atoms with E-state index < -0.39 is 0 Å². The molecule has 1 aliphatic rings. The van der Waals surface area contributed by atoms with Gasteiger partial charge in [-0.25, -0.2) is 0 Å². The smallest absolute Gasteiger partial charge is 0.0448 e. The van der Waals surface area contributed by atoms with Crippen molar-refractivity contribution >= 4 is 5.69 Å². The maximum atomic E-state index is 5.93. The number of aromatic nitrogens is 1. The Hall–Kier alpha value is -1.09. The first-order valence-electron chi connectivity index (χ1n) is 7.35. The van der Waals surface area contributed by atoms with Gasteiger partial charge >= 0.3 is 0 Å². The van der Waals surface area contributed by atoms with Crippen molar-refractivity contribution in [2.45, 2.75) is 53.5 Å². The number of nitrogens with two attached hydrogens (primary N) is 1. The molecule has 1 aliphatic heterocycles. The SMILES string of the molecule is Cc1cc(N2CCCC(C)(C)CC2)c(CN)c(C)n1. The standard InChI is InChI=1S/C16H27N3/c1-12-10-15(14(11-17)13(2)18-12)19-8-5-6-16(3,4)7-9-19/h10H,5-9,11,17H2,1-4H3. The molecule has 106 valence electrons. The van der Waals surface area contributed by atoms with E-state index in [0.29, 0.717) is 12.0 Å². The van der Waals surface area contributed by atoms with Gasteiger partial charge in [0.15, 0.2) is 0 Å². The van der Waals surface area contributed by atoms with Gasteiger partial charge in [-0.05, 0) is 44.6 Å². The largest absolute Gasteiger partial charge is 0.371 e. The van der Waals surface area contributed by atoms with E-state index >= 15 is 0 Å². The van der Waals surface area contributed by atoms with E-state index in [1.165, 1.54) is 30.5 Å². The highest BCUT2D eigenvalue weighted by Gasteiger charge is 2.24. The van der Waals surface area contributed by atoms with Crippen molar-refractivity contribution in [3.8, 4) is 0 Å². The molecule has 0 aliphatic carbocycles. The van der Waals surface area contributed by atoms with Gasteiger partial charge in [0.1, 0.15) is 0 Å². The lowest BCUT2D eigenvalue weighted by Gasteiger charge is -2.27. The van der Waals surface area contributed by atoms with Crippen molar-refractivity contribution < 1.29 is 0 Å². The fourth-order valence-electron chi connectivity index (χ4n) is 3.03. The van der Waals surface area contributed by atoms with Crippen LogP contribution in [0.25, 0.3) is 0 Å². The van der Waals surface area contributed by atoms with Crippen LogP contribution in [0.3, 0.4) is 0 Å². The van der Waals surface area contributed by atoms with Crippen molar-refractivity contribution in [2.75, 3.05) is 18.0 Å². The number of aryl methyl sites for hydroxylation is 2. The lowest BCUT2D eigenvalue weighted by Crippen LogP contribution is -2.27. The zero-order chi connectivity index (χ0) is 14.0. The molecule has 0 atom stereocenters. The quantitative estimate of drug-likeness (QED) is 0.889. The van der Waals surface area contributed by atoms with E-state index in [4.69, 9.17) is 5.73 Å². The summed E-state index contributed by atoms with van der Waals surface area (Å²) in [7, 11) is 0. The van der Waals surface area contributed by atoms with E-state index in [1.807, 2.05) is 0 Å². The predicted octanol–water partition coefficient (Wildman–Crippen LogP) is 3.17. The van der Waals surface area contributed by atoms with Gasteiger partial charge in [0.2, 0.25) is 0 Å². The number of hydrogen-bond donors (Lipinski definition) is 1. The second-order valence-electron chi connectivity index (χ2n) is 6.56. The Labute approximate surface area is 117 Å². The third-order valence-corrected chi connectivity index (χ3v) is 4.32. The van der Waals surface area contributed by atoms with E-state index in [9.17, 15) is 0 Å². The first-order chi connectivity index (χ1) is 8.93. The van der Waals surface area contributed by atoms with Crippen LogP contribution in [0.15, 0.2) is 6.07 Å². The molecule has 0 radical (unpaired) electrons. The van der Waals surface area contributed by atoms with Crippen LogP contribution >= 0.6 is 0 Å². The van der Waals surface area contributed by atoms with Crippen LogP contribution in [0.4, 0.5) is 5.69 Å². The number of pyridine rings is 1. The summed E-state index contributed by atoms with van der Waals surface area (Å²) in [5, 5.41) is 0. The Kier molecular flexibility index (Phi) is 4.14. The number of hydrogen-bond acceptors (Lipinski definition) is 3. The van der Waals surface area contributed by atoms with Crippen LogP contribution < -0.4 is 10.6 Å². The highest BCUT2D eigenvalue weighted by Crippen LogP contribution is 2.33. The first kappa shape index (κ1) is 14.3. The Morgan fingerprint density at radius 1 is 1.26 bits per heavy atom. The lowest BCUT2D eigenvalue weighted by molar-refractivity contribution is 0.325. The Bertz CT molecular complexity index is 452. The molecule has 1 aromatic heterocycles. The summed E-state index contributed by atoms with van der Waals surface area (Å²) in [6.07, 6.45) is 3.82. The monoisotopic (exact) mass is 261 g/mol. The number of nitrogens with zero attached hydrogens (tertiary/aromatic N) is 2. The van der Waals surface area contributed by atoms with Crippen molar-refractivity contribution in [2.24, 2.45) is 11.1 Å². The Balaban J connectivity index is 2.31.